The van der Waals surface area contributed by atoms with E-state index in [2.05, 4.69) is 4.74 Å². The van der Waals surface area contributed by atoms with Crippen LogP contribution in [0.1, 0.15) is 0 Å². The molecule has 0 aliphatic heterocycles. The molecule has 0 aromatic carbocycles. The lowest BCUT2D eigenvalue weighted by Gasteiger charge is -1.85. The Morgan fingerprint density at radius 3 is 2.00 bits per heavy atom. The standard InChI is InChI=1S/C3HCl3O2/c4-2(5)1-8-3(6)7/h1H. The van der Waals surface area contributed by atoms with Gasteiger partial charge in [-0.2, -0.15) is 0 Å². The summed E-state index contributed by atoms with van der Waals surface area (Å²) < 4.78 is 3.85. The van der Waals surface area contributed by atoms with Gasteiger partial charge in [0, 0.05) is 11.6 Å². The van der Waals surface area contributed by atoms with E-state index in [0.717, 1.165) is 6.26 Å². The number of hydrogen-bond donors (Lipinski definition) is 0. The molecule has 0 aliphatic rings. The number of rotatable bonds is 1. The Labute approximate surface area is 61.0 Å². The molecule has 0 unspecified atom stereocenters. The average Bonchev–Trinajstić information content (AvgIpc) is 1.61. The van der Waals surface area contributed by atoms with Gasteiger partial charge in [-0.1, -0.05) is 23.2 Å². The van der Waals surface area contributed by atoms with Gasteiger partial charge < -0.3 is 4.74 Å². The Balaban J connectivity index is 3.45. The van der Waals surface area contributed by atoms with E-state index in [9.17, 15) is 4.79 Å². The third-order valence-corrected chi connectivity index (χ3v) is 0.508. The lowest BCUT2D eigenvalue weighted by atomic mass is 11.1. The van der Waals surface area contributed by atoms with Gasteiger partial charge in [-0.15, -0.1) is 0 Å². The number of hydrogen-bond acceptors (Lipinski definition) is 2. The highest BCUT2D eigenvalue weighted by atomic mass is 35.5. The second kappa shape index (κ2) is 4.01. The number of carbonyl (C=O) groups excluding carboxylic acids is 1. The van der Waals surface area contributed by atoms with Gasteiger partial charge in [-0.3, -0.25) is 0 Å². The lowest BCUT2D eigenvalue weighted by molar-refractivity contribution is 0.212. The molecule has 0 N–H and O–H groups in total. The van der Waals surface area contributed by atoms with Gasteiger partial charge in [-0.05, 0) is 0 Å². The molecule has 0 fully saturated rings. The second-order valence-electron chi connectivity index (χ2n) is 0.763. The largest absolute Gasteiger partial charge is 0.420 e. The van der Waals surface area contributed by atoms with Crippen molar-refractivity contribution in [3.63, 3.8) is 0 Å². The maximum Gasteiger partial charge on any atom is 0.408 e. The third kappa shape index (κ3) is 6.08. The second-order valence-corrected chi connectivity index (χ2v) is 2.08. The van der Waals surface area contributed by atoms with Crippen molar-refractivity contribution in [2.24, 2.45) is 0 Å². The molecular formula is C3HCl3O2. The van der Waals surface area contributed by atoms with Crippen LogP contribution in [0.5, 0.6) is 0 Å². The fourth-order valence-electron chi connectivity index (χ4n) is 0.0909. The van der Waals surface area contributed by atoms with Crippen molar-refractivity contribution < 1.29 is 9.53 Å². The van der Waals surface area contributed by atoms with Gasteiger partial charge in [0.15, 0.2) is 0 Å². The van der Waals surface area contributed by atoms with E-state index in [1.165, 1.54) is 0 Å². The maximum atomic E-state index is 9.73. The van der Waals surface area contributed by atoms with Gasteiger partial charge in [0.2, 0.25) is 0 Å². The summed E-state index contributed by atoms with van der Waals surface area (Å²) in [7, 11) is 0. The van der Waals surface area contributed by atoms with Crippen LogP contribution in [0.3, 0.4) is 0 Å². The smallest absolute Gasteiger partial charge is 0.408 e. The zero-order valence-corrected chi connectivity index (χ0v) is 5.80. The predicted octanol–water partition coefficient (Wildman–Crippen LogP) is 2.64. The molecular weight excluding hydrogens is 174 g/mol. The minimum absolute atomic E-state index is 0.154. The SMILES string of the molecule is O=C(Cl)OC=C(Cl)Cl. The zero-order valence-electron chi connectivity index (χ0n) is 3.53. The number of ether oxygens (including phenoxy) is 1. The highest BCUT2D eigenvalue weighted by molar-refractivity contribution is 6.61. The van der Waals surface area contributed by atoms with Gasteiger partial charge >= 0.3 is 5.43 Å². The summed E-state index contributed by atoms with van der Waals surface area (Å²) in [4.78, 5) is 9.73. The van der Waals surface area contributed by atoms with Crippen molar-refractivity contribution in [1.82, 2.24) is 0 Å². The van der Waals surface area contributed by atoms with E-state index in [1.54, 1.807) is 0 Å². The first-order chi connectivity index (χ1) is 3.63. The predicted molar refractivity (Wildman–Crippen MR) is 32.1 cm³/mol. The molecule has 0 aromatic heterocycles. The van der Waals surface area contributed by atoms with Crippen molar-refractivity contribution in [1.29, 1.82) is 0 Å². The Kier molecular flexibility index (Phi) is 4.05. The fourth-order valence-corrected chi connectivity index (χ4v) is 0.225. The normalized spacial score (nSPS) is 7.88. The zero-order chi connectivity index (χ0) is 6.57. The van der Waals surface area contributed by atoms with Crippen LogP contribution in [0, 0.1) is 0 Å². The summed E-state index contributed by atoms with van der Waals surface area (Å²) in [5.41, 5.74) is -0.969. The summed E-state index contributed by atoms with van der Waals surface area (Å²) in [6, 6.07) is 0. The van der Waals surface area contributed by atoms with Crippen LogP contribution in [0.15, 0.2) is 10.8 Å². The Hall–Kier alpha value is 0.0800. The molecule has 0 saturated heterocycles. The summed E-state index contributed by atoms with van der Waals surface area (Å²) >= 11 is 14.7. The summed E-state index contributed by atoms with van der Waals surface area (Å²) in [6.07, 6.45) is 0.832. The molecule has 0 saturated carbocycles. The topological polar surface area (TPSA) is 26.3 Å². The van der Waals surface area contributed by atoms with E-state index in [-0.39, 0.29) is 4.49 Å². The molecule has 46 valence electrons. The van der Waals surface area contributed by atoms with Crippen molar-refractivity contribution >= 4 is 40.2 Å². The van der Waals surface area contributed by atoms with E-state index < -0.39 is 5.43 Å². The molecule has 0 aliphatic carbocycles. The Morgan fingerprint density at radius 2 is 1.88 bits per heavy atom. The molecule has 0 radical (unpaired) electrons. The number of halogens is 3. The maximum absolute atomic E-state index is 9.73. The van der Waals surface area contributed by atoms with Gasteiger partial charge in [0.25, 0.3) is 0 Å². The summed E-state index contributed by atoms with van der Waals surface area (Å²) in [5, 5.41) is 0. The molecule has 0 bridgehead atoms. The minimum atomic E-state index is -0.969. The van der Waals surface area contributed by atoms with Crippen LogP contribution < -0.4 is 0 Å². The molecule has 5 heteroatoms. The molecule has 0 rings (SSSR count). The van der Waals surface area contributed by atoms with Crippen LogP contribution in [-0.2, 0) is 4.74 Å². The molecule has 0 spiro atoms. The lowest BCUT2D eigenvalue weighted by Crippen LogP contribution is -1.81. The van der Waals surface area contributed by atoms with Gasteiger partial charge in [-0.25, -0.2) is 4.79 Å². The van der Waals surface area contributed by atoms with Crippen LogP contribution in [0.25, 0.3) is 0 Å². The van der Waals surface area contributed by atoms with Crippen molar-refractivity contribution in [2.45, 2.75) is 0 Å². The summed E-state index contributed by atoms with van der Waals surface area (Å²) in [6.45, 7) is 0. The van der Waals surface area contributed by atoms with E-state index in [0.29, 0.717) is 0 Å². The molecule has 0 heterocycles. The van der Waals surface area contributed by atoms with Crippen LogP contribution in [0.2, 0.25) is 0 Å². The monoisotopic (exact) mass is 174 g/mol. The van der Waals surface area contributed by atoms with Gasteiger partial charge in [0.05, 0.1) is 0 Å². The summed E-state index contributed by atoms with van der Waals surface area (Å²) in [5.74, 6) is 0. The first-order valence-electron chi connectivity index (χ1n) is 1.50. The van der Waals surface area contributed by atoms with Crippen molar-refractivity contribution in [2.75, 3.05) is 0 Å². The van der Waals surface area contributed by atoms with E-state index in [4.69, 9.17) is 34.8 Å². The molecule has 2 nitrogen and oxygen atoms in total. The fraction of sp³-hybridized carbons (Fsp3) is 0. The van der Waals surface area contributed by atoms with Crippen LogP contribution >= 0.6 is 34.8 Å². The van der Waals surface area contributed by atoms with Gasteiger partial charge in [0.1, 0.15) is 10.8 Å². The van der Waals surface area contributed by atoms with E-state index >= 15 is 0 Å². The molecule has 0 atom stereocenters. The minimum Gasteiger partial charge on any atom is -0.420 e. The first kappa shape index (κ1) is 8.08. The average molecular weight is 175 g/mol. The van der Waals surface area contributed by atoms with Crippen LogP contribution in [0.4, 0.5) is 4.79 Å². The highest BCUT2D eigenvalue weighted by Crippen LogP contribution is 2.06. The third-order valence-electron chi connectivity index (χ3n) is 0.241. The quantitative estimate of drug-likeness (QED) is 0.452. The molecule has 0 aromatic rings. The first-order valence-corrected chi connectivity index (χ1v) is 2.63. The Morgan fingerprint density at radius 1 is 1.38 bits per heavy atom. The Bertz CT molecular complexity index is 116. The van der Waals surface area contributed by atoms with Crippen molar-refractivity contribution in [3.8, 4) is 0 Å². The van der Waals surface area contributed by atoms with Crippen LogP contribution in [-0.4, -0.2) is 5.43 Å². The molecule has 0 amide bonds. The number of carbonyl (C=O) groups is 1. The molecule has 8 heavy (non-hydrogen) atoms. The highest BCUT2D eigenvalue weighted by Gasteiger charge is 1.90. The van der Waals surface area contributed by atoms with E-state index in [1.807, 2.05) is 0 Å². The van der Waals surface area contributed by atoms with Crippen molar-refractivity contribution in [3.05, 3.63) is 10.8 Å².